The first kappa shape index (κ1) is 59.2. The van der Waals surface area contributed by atoms with Crippen molar-refractivity contribution >= 4 is 86.5 Å². The summed E-state index contributed by atoms with van der Waals surface area (Å²) in [5, 5.41) is 20.4. The number of thioether (sulfide) groups is 1. The fourth-order valence-corrected chi connectivity index (χ4v) is 11.1. The molecule has 1 aliphatic rings. The lowest BCUT2D eigenvalue weighted by atomic mass is 9.94. The van der Waals surface area contributed by atoms with E-state index in [2.05, 4.69) is 51.8 Å². The van der Waals surface area contributed by atoms with E-state index in [-0.39, 0.29) is 63.2 Å². The number of aromatic amines is 2. The molecule has 0 saturated carbocycles. The number of aromatic nitrogens is 4. The summed E-state index contributed by atoms with van der Waals surface area (Å²) in [6.07, 6.45) is 8.33. The van der Waals surface area contributed by atoms with Crippen LogP contribution in [0.5, 0.6) is 0 Å². The molecule has 3 aromatic carbocycles. The number of rotatable bonds is 17. The van der Waals surface area contributed by atoms with E-state index < -0.39 is 89.3 Å². The van der Waals surface area contributed by atoms with Crippen molar-refractivity contribution in [3.63, 3.8) is 0 Å². The first-order valence-electron chi connectivity index (χ1n) is 27.0. The Morgan fingerprint density at radius 1 is 0.787 bits per heavy atom. The van der Waals surface area contributed by atoms with Gasteiger partial charge in [-0.05, 0) is 49.3 Å². The molecule has 0 bridgehead atoms. The molecule has 7 rings (SSSR count). The summed E-state index contributed by atoms with van der Waals surface area (Å²) in [6.45, 7) is 3.67. The summed E-state index contributed by atoms with van der Waals surface area (Å²) >= 11 is 1.33. The second-order valence-electron chi connectivity index (χ2n) is 20.1. The molecule has 424 valence electrons. The van der Waals surface area contributed by atoms with Gasteiger partial charge >= 0.3 is 0 Å². The smallest absolute Gasteiger partial charge is 0.243 e. The molecule has 3 aromatic heterocycles. The highest BCUT2D eigenvalue weighted by Gasteiger charge is 2.35. The van der Waals surface area contributed by atoms with Crippen molar-refractivity contribution in [3.8, 4) is 0 Å². The lowest BCUT2D eigenvalue weighted by Crippen LogP contribution is -2.60. The molecule has 0 unspecified atom stereocenters. The number of unbranched alkanes of at least 4 members (excludes halogenated alkanes) is 1. The normalized spacial score (nSPS) is 20.6. The van der Waals surface area contributed by atoms with E-state index in [0.717, 1.165) is 33.1 Å². The molecule has 0 saturated heterocycles. The van der Waals surface area contributed by atoms with Crippen LogP contribution in [0.3, 0.4) is 0 Å². The van der Waals surface area contributed by atoms with Gasteiger partial charge in [-0.1, -0.05) is 92.6 Å². The molecule has 7 amide bonds. The van der Waals surface area contributed by atoms with Crippen LogP contribution >= 0.6 is 11.8 Å². The number of hydrogen-bond acceptors (Lipinski definition) is 11. The molecule has 1 aliphatic heterocycles. The Balaban J connectivity index is 1.30. The largest absolute Gasteiger partial charge is 0.370 e. The second-order valence-corrected chi connectivity index (χ2v) is 21.1. The molecule has 14 N–H and O–H groups in total. The molecule has 6 aromatic rings. The SMILES string of the molecule is CCCC[C@H](NC(C)=O)C(=O)N[C@H]1CCCn2cc3ccccc3c2SC[C@@H](C(N)=O)CC(=O)[C@H](Cc2c[nH]c3ccccc23)NC(=O)[C@H](CCCN=C(N)N)NC(=O)[C@@H](Cc2ccccc2)NC(=O)[C@H](Cc2cnc[nH]2)NC1=O. The predicted octanol–water partition coefficient (Wildman–Crippen LogP) is 2.69. The Bertz CT molecular complexity index is 3140. The monoisotopic (exact) mass is 1110 g/mol. The van der Waals surface area contributed by atoms with Gasteiger partial charge in [-0.3, -0.25) is 43.3 Å². The zero-order valence-corrected chi connectivity index (χ0v) is 45.8. The Hall–Kier alpha value is -8.47. The first-order chi connectivity index (χ1) is 38.6. The highest BCUT2D eigenvalue weighted by molar-refractivity contribution is 7.99. The third-order valence-corrected chi connectivity index (χ3v) is 15.3. The summed E-state index contributed by atoms with van der Waals surface area (Å²) in [5.74, 6) is -6.29. The van der Waals surface area contributed by atoms with Gasteiger partial charge in [0.05, 0.1) is 23.3 Å². The Morgan fingerprint density at radius 2 is 1.46 bits per heavy atom. The fourth-order valence-electron chi connectivity index (χ4n) is 9.76. The standard InChI is InChI=1S/C57H72N14O8S/c1-3-4-19-43(65-34(2)72)51(75)66-45-22-13-24-71-31-36-16-8-9-18-41(36)56(71)80-32-38(50(58)74)27-49(73)46(26-37-29-63-42-20-11-10-17-40(37)42)68-52(76)44(21-12-23-62-57(59)60)67-54(78)47(25-35-14-6-5-7-15-35)69-55(79)48(70-53(45)77)28-39-30-61-33-64-39/h5-11,14-18,20,29-31,33,38,43-48,63H,3-4,12-13,19,21-28,32H2,1-2H3,(H2,58,74)(H,61,64)(H,65,72)(H,66,75)(H,67,78)(H,68,76)(H,69,79)(H,70,77)(H4,59,60,62)/t38-,43-,44-,45-,46-,47+,48-/m0/s1. The van der Waals surface area contributed by atoms with Crippen molar-refractivity contribution in [2.45, 2.75) is 132 Å². The number of carbonyl (C=O) groups is 8. The van der Waals surface area contributed by atoms with Crippen molar-refractivity contribution in [1.29, 1.82) is 0 Å². The molecule has 0 fully saturated rings. The third kappa shape index (κ3) is 16.8. The predicted molar refractivity (Wildman–Crippen MR) is 305 cm³/mol. The number of aryl methyl sites for hydroxylation is 1. The topological polar surface area (TPSA) is 349 Å². The minimum atomic E-state index is -1.35. The molecule has 0 radical (unpaired) electrons. The summed E-state index contributed by atoms with van der Waals surface area (Å²) < 4.78 is 1.99. The quantitative estimate of drug-likeness (QED) is 0.0357. The number of nitrogens with two attached hydrogens (primary N) is 3. The number of nitrogens with one attached hydrogen (secondary N) is 8. The van der Waals surface area contributed by atoms with Gasteiger partial charge in [-0.2, -0.15) is 0 Å². The van der Waals surface area contributed by atoms with Crippen LogP contribution in [0.15, 0.2) is 114 Å². The lowest BCUT2D eigenvalue weighted by Gasteiger charge is -2.28. The van der Waals surface area contributed by atoms with Gasteiger partial charge < -0.3 is 63.6 Å². The molecule has 7 atom stereocenters. The summed E-state index contributed by atoms with van der Waals surface area (Å²) in [6, 6.07) is 16.6. The van der Waals surface area contributed by atoms with Crippen LogP contribution in [0.4, 0.5) is 0 Å². The van der Waals surface area contributed by atoms with Gasteiger partial charge in [0.2, 0.25) is 41.4 Å². The van der Waals surface area contributed by atoms with Crippen LogP contribution in [0, 0.1) is 5.92 Å². The van der Waals surface area contributed by atoms with Crippen molar-refractivity contribution < 1.29 is 38.4 Å². The highest BCUT2D eigenvalue weighted by Crippen LogP contribution is 2.33. The second kappa shape index (κ2) is 28.9. The van der Waals surface area contributed by atoms with Crippen molar-refractivity contribution in [2.24, 2.45) is 28.1 Å². The van der Waals surface area contributed by atoms with E-state index in [1.54, 1.807) is 36.5 Å². The minimum Gasteiger partial charge on any atom is -0.370 e. The number of imidazole rings is 1. The number of ketones is 1. The van der Waals surface area contributed by atoms with Crippen molar-refractivity contribution in [1.82, 2.24) is 51.4 Å². The number of carbonyl (C=O) groups excluding carboxylic acids is 8. The molecule has 0 spiro atoms. The molecule has 23 heteroatoms. The van der Waals surface area contributed by atoms with Crippen LogP contribution in [-0.2, 0) is 64.2 Å². The molecule has 22 nitrogen and oxygen atoms in total. The van der Waals surface area contributed by atoms with Crippen LogP contribution in [0.2, 0.25) is 0 Å². The number of hydrogen-bond donors (Lipinski definition) is 11. The maximum absolute atomic E-state index is 14.9. The van der Waals surface area contributed by atoms with E-state index >= 15 is 0 Å². The van der Waals surface area contributed by atoms with E-state index in [0.29, 0.717) is 42.6 Å². The number of aliphatic imine (C=N–C) groups is 1. The van der Waals surface area contributed by atoms with Gasteiger partial charge in [-0.25, -0.2) is 4.98 Å². The highest BCUT2D eigenvalue weighted by atomic mass is 32.2. The number of guanidine groups is 1. The summed E-state index contributed by atoms with van der Waals surface area (Å²) in [5.41, 5.74) is 20.0. The van der Waals surface area contributed by atoms with Crippen molar-refractivity contribution in [3.05, 3.63) is 121 Å². The molecule has 0 aliphatic carbocycles. The Labute approximate surface area is 467 Å². The summed E-state index contributed by atoms with van der Waals surface area (Å²) in [4.78, 5) is 128. The number of para-hydroxylation sites is 1. The number of Topliss-reactive ketones (excluding diaryl/α,β-unsaturated/α-hetero) is 1. The number of H-pyrrole nitrogens is 2. The van der Waals surface area contributed by atoms with Gasteiger partial charge in [0, 0.05) is 97.4 Å². The van der Waals surface area contributed by atoms with E-state index in [1.807, 2.05) is 66.2 Å². The average molecular weight is 1110 g/mol. The summed E-state index contributed by atoms with van der Waals surface area (Å²) in [7, 11) is 0. The molecule has 4 heterocycles. The molecular formula is C57H72N14O8S. The number of amides is 7. The third-order valence-electron chi connectivity index (χ3n) is 14.0. The van der Waals surface area contributed by atoms with E-state index in [4.69, 9.17) is 17.2 Å². The zero-order valence-electron chi connectivity index (χ0n) is 45.0. The fraction of sp³-hybridized carbons (Fsp3) is 0.404. The van der Waals surface area contributed by atoms with Gasteiger partial charge in [0.15, 0.2) is 11.7 Å². The number of nitrogens with zero attached hydrogens (tertiary/aromatic N) is 3. The van der Waals surface area contributed by atoms with Crippen molar-refractivity contribution in [2.75, 3.05) is 12.3 Å². The average Bonchev–Trinajstić information content (AvgIpc) is 4.25. The number of benzene rings is 3. The first-order valence-corrected chi connectivity index (χ1v) is 28.0. The number of fused-ring (bicyclic) bond motifs is 4. The lowest BCUT2D eigenvalue weighted by molar-refractivity contribution is -0.135. The Morgan fingerprint density at radius 3 is 2.17 bits per heavy atom. The maximum atomic E-state index is 14.9. The van der Waals surface area contributed by atoms with Gasteiger partial charge in [0.25, 0.3) is 0 Å². The van der Waals surface area contributed by atoms with Crippen LogP contribution in [0.25, 0.3) is 21.7 Å². The van der Waals surface area contributed by atoms with Crippen LogP contribution in [-0.4, -0.2) is 121 Å². The van der Waals surface area contributed by atoms with Gasteiger partial charge in [0.1, 0.15) is 30.2 Å². The maximum Gasteiger partial charge on any atom is 0.243 e. The van der Waals surface area contributed by atoms with Crippen LogP contribution in [0.1, 0.15) is 82.0 Å². The Kier molecular flexibility index (Phi) is 21.4. The number of primary amides is 1. The van der Waals surface area contributed by atoms with Crippen LogP contribution < -0.4 is 49.1 Å². The van der Waals surface area contributed by atoms with E-state index in [9.17, 15) is 38.4 Å². The minimum absolute atomic E-state index is 0.0135. The van der Waals surface area contributed by atoms with Gasteiger partial charge in [-0.15, -0.1) is 11.8 Å². The molecular weight excluding hydrogens is 1040 g/mol. The zero-order chi connectivity index (χ0) is 57.1. The molecule has 80 heavy (non-hydrogen) atoms. The van der Waals surface area contributed by atoms with E-state index in [1.165, 1.54) is 31.2 Å².